The SMILES string of the molecule is C#CCNC(=O)Cn1cnc2ccccc2c1=O. The van der Waals surface area contributed by atoms with Crippen LogP contribution < -0.4 is 10.9 Å². The lowest BCUT2D eigenvalue weighted by molar-refractivity contribution is -0.121. The molecule has 0 aliphatic rings. The monoisotopic (exact) mass is 241 g/mol. The lowest BCUT2D eigenvalue weighted by Crippen LogP contribution is -2.32. The number of aromatic nitrogens is 2. The molecule has 18 heavy (non-hydrogen) atoms. The van der Waals surface area contributed by atoms with Crippen molar-refractivity contribution >= 4 is 16.8 Å². The largest absolute Gasteiger partial charge is 0.344 e. The maximum atomic E-state index is 12.0. The van der Waals surface area contributed by atoms with Crippen LogP contribution in [0.15, 0.2) is 35.4 Å². The minimum atomic E-state index is -0.313. The molecule has 1 N–H and O–H groups in total. The Labute approximate surface area is 103 Å². The van der Waals surface area contributed by atoms with Gasteiger partial charge in [0.15, 0.2) is 0 Å². The summed E-state index contributed by atoms with van der Waals surface area (Å²) in [5.41, 5.74) is 0.374. The fourth-order valence-corrected chi connectivity index (χ4v) is 1.58. The fourth-order valence-electron chi connectivity index (χ4n) is 1.58. The number of hydrogen-bond acceptors (Lipinski definition) is 3. The smallest absolute Gasteiger partial charge is 0.261 e. The molecule has 0 spiro atoms. The highest BCUT2D eigenvalue weighted by Crippen LogP contribution is 2.04. The number of nitrogens with zero attached hydrogens (tertiary/aromatic N) is 2. The molecule has 1 aromatic carbocycles. The summed E-state index contributed by atoms with van der Waals surface area (Å²) in [5, 5.41) is 2.98. The van der Waals surface area contributed by atoms with E-state index in [1.807, 2.05) is 0 Å². The van der Waals surface area contributed by atoms with Gasteiger partial charge in [-0.25, -0.2) is 4.98 Å². The van der Waals surface area contributed by atoms with E-state index in [1.165, 1.54) is 10.9 Å². The summed E-state index contributed by atoms with van der Waals surface area (Å²) in [6.07, 6.45) is 6.39. The number of fused-ring (bicyclic) bond motifs is 1. The van der Waals surface area contributed by atoms with Crippen molar-refractivity contribution in [3.63, 3.8) is 0 Å². The molecule has 5 nitrogen and oxygen atoms in total. The molecular formula is C13H11N3O2. The van der Waals surface area contributed by atoms with E-state index in [0.717, 1.165) is 0 Å². The zero-order valence-electron chi connectivity index (χ0n) is 9.59. The van der Waals surface area contributed by atoms with Crippen LogP contribution in [0.2, 0.25) is 0 Å². The van der Waals surface area contributed by atoms with Gasteiger partial charge in [-0.2, -0.15) is 0 Å². The summed E-state index contributed by atoms with van der Waals surface area (Å²) in [7, 11) is 0. The van der Waals surface area contributed by atoms with Crippen LogP contribution in [-0.2, 0) is 11.3 Å². The Balaban J connectivity index is 2.30. The van der Waals surface area contributed by atoms with Crippen molar-refractivity contribution in [3.05, 3.63) is 40.9 Å². The van der Waals surface area contributed by atoms with Crippen molar-refractivity contribution < 1.29 is 4.79 Å². The summed E-state index contributed by atoms with van der Waals surface area (Å²) in [5.74, 6) is 1.98. The highest BCUT2D eigenvalue weighted by Gasteiger charge is 2.06. The minimum absolute atomic E-state index is 0.0850. The first-order valence-corrected chi connectivity index (χ1v) is 5.36. The number of rotatable bonds is 3. The van der Waals surface area contributed by atoms with Gasteiger partial charge in [0, 0.05) is 0 Å². The molecule has 0 bridgehead atoms. The van der Waals surface area contributed by atoms with Crippen LogP contribution in [0.4, 0.5) is 0 Å². The van der Waals surface area contributed by atoms with E-state index in [0.29, 0.717) is 10.9 Å². The second kappa shape index (κ2) is 5.15. The predicted molar refractivity (Wildman–Crippen MR) is 67.8 cm³/mol. The predicted octanol–water partition coefficient (Wildman–Crippen LogP) is 0.146. The summed E-state index contributed by atoms with van der Waals surface area (Å²) in [4.78, 5) is 27.6. The van der Waals surface area contributed by atoms with Gasteiger partial charge < -0.3 is 5.32 Å². The molecule has 0 unspecified atom stereocenters. The van der Waals surface area contributed by atoms with Gasteiger partial charge in [0.05, 0.1) is 23.8 Å². The third kappa shape index (κ3) is 2.38. The first-order chi connectivity index (χ1) is 8.72. The maximum Gasteiger partial charge on any atom is 0.261 e. The van der Waals surface area contributed by atoms with Crippen molar-refractivity contribution in [1.29, 1.82) is 0 Å². The highest BCUT2D eigenvalue weighted by atomic mass is 16.2. The average molecular weight is 241 g/mol. The molecule has 1 amide bonds. The first kappa shape index (κ1) is 11.9. The molecule has 2 rings (SSSR count). The summed E-state index contributed by atoms with van der Waals surface area (Å²) in [6.45, 7) is 0.0624. The van der Waals surface area contributed by atoms with Crippen LogP contribution in [0.5, 0.6) is 0 Å². The molecule has 5 heteroatoms. The van der Waals surface area contributed by atoms with E-state index in [4.69, 9.17) is 6.42 Å². The number of hydrogen-bond donors (Lipinski definition) is 1. The molecule has 0 aliphatic heterocycles. The molecule has 0 saturated heterocycles. The summed E-state index contributed by atoms with van der Waals surface area (Å²) >= 11 is 0. The van der Waals surface area contributed by atoms with Crippen LogP contribution >= 0.6 is 0 Å². The van der Waals surface area contributed by atoms with Crippen LogP contribution in [0.1, 0.15) is 0 Å². The molecule has 0 fully saturated rings. The lowest BCUT2D eigenvalue weighted by atomic mass is 10.2. The number of amides is 1. The van der Waals surface area contributed by atoms with Gasteiger partial charge in [0.25, 0.3) is 5.56 Å². The second-order valence-electron chi connectivity index (χ2n) is 3.68. The zero-order chi connectivity index (χ0) is 13.0. The van der Waals surface area contributed by atoms with Crippen LogP contribution in [0, 0.1) is 12.3 Å². The zero-order valence-corrected chi connectivity index (χ0v) is 9.59. The van der Waals surface area contributed by atoms with Gasteiger partial charge in [-0.15, -0.1) is 6.42 Å². The summed E-state index contributed by atoms with van der Waals surface area (Å²) in [6, 6.07) is 6.99. The molecule has 1 aromatic heterocycles. The number of terminal acetylenes is 1. The maximum absolute atomic E-state index is 12.0. The van der Waals surface area contributed by atoms with E-state index >= 15 is 0 Å². The Hall–Kier alpha value is -2.61. The number of carbonyl (C=O) groups excluding carboxylic acids is 1. The van der Waals surface area contributed by atoms with Crippen molar-refractivity contribution in [3.8, 4) is 12.3 Å². The quantitative estimate of drug-likeness (QED) is 0.778. The molecule has 0 saturated carbocycles. The normalized spacial score (nSPS) is 9.94. The number of para-hydroxylation sites is 1. The number of nitrogens with one attached hydrogen (secondary N) is 1. The Morgan fingerprint density at radius 3 is 3.00 bits per heavy atom. The first-order valence-electron chi connectivity index (χ1n) is 5.36. The topological polar surface area (TPSA) is 64.0 Å². The molecule has 2 aromatic rings. The van der Waals surface area contributed by atoms with E-state index in [2.05, 4.69) is 16.2 Å². The molecule has 0 aliphatic carbocycles. The fraction of sp³-hybridized carbons (Fsp3) is 0.154. The van der Waals surface area contributed by atoms with Crippen molar-refractivity contribution in [1.82, 2.24) is 14.9 Å². The Morgan fingerprint density at radius 2 is 2.22 bits per heavy atom. The molecule has 0 atom stereocenters. The lowest BCUT2D eigenvalue weighted by Gasteiger charge is -2.06. The van der Waals surface area contributed by atoms with Crippen LogP contribution in [0.25, 0.3) is 10.9 Å². The Kier molecular flexibility index (Phi) is 3.39. The van der Waals surface area contributed by atoms with Crippen molar-refractivity contribution in [2.24, 2.45) is 0 Å². The van der Waals surface area contributed by atoms with E-state index in [9.17, 15) is 9.59 Å². The number of carbonyl (C=O) groups is 1. The average Bonchev–Trinajstić information content (AvgIpc) is 2.40. The molecular weight excluding hydrogens is 230 g/mol. The molecule has 0 radical (unpaired) electrons. The van der Waals surface area contributed by atoms with Crippen LogP contribution in [-0.4, -0.2) is 22.0 Å². The van der Waals surface area contributed by atoms with Gasteiger partial charge in [-0.3, -0.25) is 14.2 Å². The van der Waals surface area contributed by atoms with Crippen LogP contribution in [0.3, 0.4) is 0 Å². The van der Waals surface area contributed by atoms with E-state index in [-0.39, 0.29) is 24.6 Å². The van der Waals surface area contributed by atoms with Gasteiger partial charge in [-0.1, -0.05) is 18.1 Å². The molecule has 1 heterocycles. The highest BCUT2D eigenvalue weighted by molar-refractivity contribution is 5.78. The van der Waals surface area contributed by atoms with Gasteiger partial charge >= 0.3 is 0 Å². The van der Waals surface area contributed by atoms with Gasteiger partial charge in [0.2, 0.25) is 5.91 Å². The Bertz CT molecular complexity index is 682. The third-order valence-corrected chi connectivity index (χ3v) is 2.43. The summed E-state index contributed by atoms with van der Waals surface area (Å²) < 4.78 is 1.26. The van der Waals surface area contributed by atoms with Gasteiger partial charge in [0.1, 0.15) is 6.54 Å². The minimum Gasteiger partial charge on any atom is -0.344 e. The van der Waals surface area contributed by atoms with Gasteiger partial charge in [-0.05, 0) is 12.1 Å². The van der Waals surface area contributed by atoms with Crippen molar-refractivity contribution in [2.75, 3.05) is 6.54 Å². The standard InChI is InChI=1S/C13H11N3O2/c1-2-7-14-12(17)8-16-9-15-11-6-4-3-5-10(11)13(16)18/h1,3-6,9H,7-8H2,(H,14,17). The second-order valence-corrected chi connectivity index (χ2v) is 3.68. The third-order valence-electron chi connectivity index (χ3n) is 2.43. The Morgan fingerprint density at radius 1 is 1.44 bits per heavy atom. The van der Waals surface area contributed by atoms with Crippen molar-refractivity contribution in [2.45, 2.75) is 6.54 Å². The molecule has 90 valence electrons. The van der Waals surface area contributed by atoms with E-state index in [1.54, 1.807) is 24.3 Å². The number of benzene rings is 1. The van der Waals surface area contributed by atoms with E-state index < -0.39 is 0 Å².